The third-order valence-electron chi connectivity index (χ3n) is 5.54. The Hall–Kier alpha value is -0.650. The van der Waals surface area contributed by atoms with Gasteiger partial charge in [0.05, 0.1) is 0 Å². The Kier molecular flexibility index (Phi) is 5.37. The second-order valence-electron chi connectivity index (χ2n) is 7.16. The molecular formula is C20H30NP. The lowest BCUT2D eigenvalue weighted by Gasteiger charge is -2.37. The molecule has 1 saturated carbocycles. The van der Waals surface area contributed by atoms with Gasteiger partial charge in [0, 0.05) is 12.0 Å². The van der Waals surface area contributed by atoms with Crippen LogP contribution in [0, 0.1) is 5.92 Å². The van der Waals surface area contributed by atoms with E-state index in [1.807, 2.05) is 0 Å². The molecule has 3 rings (SSSR count). The Bertz CT molecular complexity index is 506. The van der Waals surface area contributed by atoms with Crippen molar-refractivity contribution in [3.63, 3.8) is 0 Å². The van der Waals surface area contributed by atoms with E-state index in [4.69, 9.17) is 0 Å². The average Bonchev–Trinajstić information content (AvgIpc) is 3.20. The Morgan fingerprint density at radius 3 is 2.50 bits per heavy atom. The zero-order chi connectivity index (χ0) is 15.5. The highest BCUT2D eigenvalue weighted by Gasteiger charge is 2.35. The summed E-state index contributed by atoms with van der Waals surface area (Å²) < 4.78 is 0. The van der Waals surface area contributed by atoms with Crippen molar-refractivity contribution in [1.29, 1.82) is 0 Å². The second-order valence-corrected chi connectivity index (χ2v) is 9.72. The van der Waals surface area contributed by atoms with Gasteiger partial charge >= 0.3 is 0 Å². The van der Waals surface area contributed by atoms with Crippen molar-refractivity contribution in [2.75, 3.05) is 14.1 Å². The van der Waals surface area contributed by atoms with Crippen LogP contribution >= 0.6 is 7.92 Å². The van der Waals surface area contributed by atoms with E-state index in [-0.39, 0.29) is 7.92 Å². The van der Waals surface area contributed by atoms with Gasteiger partial charge in [-0.3, -0.25) is 0 Å². The van der Waals surface area contributed by atoms with E-state index in [1.54, 1.807) is 10.6 Å². The zero-order valence-electron chi connectivity index (χ0n) is 14.3. The third kappa shape index (κ3) is 3.31. The first-order chi connectivity index (χ1) is 10.7. The lowest BCUT2D eigenvalue weighted by atomic mass is 10.0. The molecule has 22 heavy (non-hydrogen) atoms. The van der Waals surface area contributed by atoms with Gasteiger partial charge in [0.2, 0.25) is 0 Å². The Morgan fingerprint density at radius 1 is 1.09 bits per heavy atom. The summed E-state index contributed by atoms with van der Waals surface area (Å²) in [4.78, 5) is 2.38. The van der Waals surface area contributed by atoms with Crippen LogP contribution < -0.4 is 0 Å². The fourth-order valence-electron chi connectivity index (χ4n) is 4.02. The average molecular weight is 315 g/mol. The summed E-state index contributed by atoms with van der Waals surface area (Å²) in [7, 11) is 4.32. The van der Waals surface area contributed by atoms with Gasteiger partial charge in [0.15, 0.2) is 0 Å². The second kappa shape index (κ2) is 7.28. The van der Waals surface area contributed by atoms with Crippen molar-refractivity contribution in [3.8, 4) is 0 Å². The van der Waals surface area contributed by atoms with Crippen LogP contribution in [0.3, 0.4) is 0 Å². The maximum absolute atomic E-state index is 2.46. The molecule has 0 N–H and O–H groups in total. The van der Waals surface area contributed by atoms with Crippen molar-refractivity contribution in [1.82, 2.24) is 4.90 Å². The van der Waals surface area contributed by atoms with Crippen LogP contribution in [0.1, 0.15) is 45.4 Å². The highest BCUT2D eigenvalue weighted by molar-refractivity contribution is 7.67. The van der Waals surface area contributed by atoms with Crippen molar-refractivity contribution >= 4 is 7.92 Å². The van der Waals surface area contributed by atoms with E-state index in [2.05, 4.69) is 62.4 Å². The molecule has 120 valence electrons. The van der Waals surface area contributed by atoms with E-state index in [1.165, 1.54) is 38.5 Å². The highest BCUT2D eigenvalue weighted by atomic mass is 31.1. The molecule has 1 nitrogen and oxygen atoms in total. The molecule has 1 unspecified atom stereocenters. The molecule has 0 aromatic carbocycles. The Balaban J connectivity index is 1.85. The van der Waals surface area contributed by atoms with Crippen molar-refractivity contribution in [2.24, 2.45) is 5.92 Å². The third-order valence-corrected chi connectivity index (χ3v) is 8.74. The minimum atomic E-state index is -0.107. The van der Waals surface area contributed by atoms with Crippen molar-refractivity contribution < 1.29 is 0 Å². The van der Waals surface area contributed by atoms with Crippen molar-refractivity contribution in [2.45, 2.75) is 57.1 Å². The quantitative estimate of drug-likeness (QED) is 0.591. The molecule has 3 aliphatic rings. The molecule has 0 saturated heterocycles. The summed E-state index contributed by atoms with van der Waals surface area (Å²) in [5, 5.41) is 3.48. The molecule has 0 radical (unpaired) electrons. The first-order valence-corrected chi connectivity index (χ1v) is 10.3. The van der Waals surface area contributed by atoms with E-state index >= 15 is 0 Å². The SMILES string of the molecule is C[C@H](C1C=CC=C1[P@](C1=CC=CC1)C1CCCCC1)N(C)C. The number of allylic oxidation sites excluding steroid dienone is 6. The normalized spacial score (nSPS) is 28.1. The van der Waals surface area contributed by atoms with E-state index < -0.39 is 0 Å². The number of rotatable bonds is 5. The summed E-state index contributed by atoms with van der Waals surface area (Å²) in [6, 6.07) is 0.591. The summed E-state index contributed by atoms with van der Waals surface area (Å²) in [6.45, 7) is 2.38. The predicted molar refractivity (Wildman–Crippen MR) is 99.5 cm³/mol. The molecule has 0 bridgehead atoms. The minimum Gasteiger partial charge on any atom is -0.306 e. The van der Waals surface area contributed by atoms with E-state index in [0.717, 1.165) is 5.66 Å². The lowest BCUT2D eigenvalue weighted by Crippen LogP contribution is -2.32. The van der Waals surface area contributed by atoms with E-state index in [9.17, 15) is 0 Å². The molecular weight excluding hydrogens is 285 g/mol. The smallest absolute Gasteiger partial charge is 0.0182 e. The van der Waals surface area contributed by atoms with Crippen LogP contribution in [0.15, 0.2) is 47.1 Å². The monoisotopic (exact) mass is 315 g/mol. The number of nitrogens with zero attached hydrogens (tertiary/aromatic N) is 1. The zero-order valence-corrected chi connectivity index (χ0v) is 15.2. The maximum atomic E-state index is 2.46. The summed E-state index contributed by atoms with van der Waals surface area (Å²) in [5.41, 5.74) is 0.929. The number of hydrogen-bond donors (Lipinski definition) is 0. The lowest BCUT2D eigenvalue weighted by molar-refractivity contribution is 0.280. The molecule has 3 aliphatic carbocycles. The molecule has 0 amide bonds. The molecule has 0 aliphatic heterocycles. The van der Waals surface area contributed by atoms with Gasteiger partial charge in [-0.05, 0) is 64.5 Å². The number of hydrogen-bond acceptors (Lipinski definition) is 1. The van der Waals surface area contributed by atoms with Crippen LogP contribution in [0.4, 0.5) is 0 Å². The van der Waals surface area contributed by atoms with E-state index in [0.29, 0.717) is 12.0 Å². The van der Waals surface area contributed by atoms with Gasteiger partial charge in [-0.25, -0.2) is 0 Å². The molecule has 0 aromatic rings. The minimum absolute atomic E-state index is 0.107. The predicted octanol–water partition coefficient (Wildman–Crippen LogP) is 5.66. The summed E-state index contributed by atoms with van der Waals surface area (Å²) in [5.74, 6) is 0.615. The largest absolute Gasteiger partial charge is 0.306 e. The summed E-state index contributed by atoms with van der Waals surface area (Å²) >= 11 is 0. The Morgan fingerprint density at radius 2 is 1.86 bits per heavy atom. The maximum Gasteiger partial charge on any atom is 0.0182 e. The molecule has 0 heterocycles. The van der Waals surface area contributed by atoms with Crippen LogP contribution in [0.25, 0.3) is 0 Å². The molecule has 1 fully saturated rings. The Labute approximate surface area is 137 Å². The fraction of sp³-hybridized carbons (Fsp3) is 0.600. The molecule has 3 atom stereocenters. The van der Waals surface area contributed by atoms with Gasteiger partial charge < -0.3 is 4.90 Å². The summed E-state index contributed by atoms with van der Waals surface area (Å²) in [6.07, 6.45) is 22.7. The standard InChI is InChI=1S/C20H30NP/c1-16(21(2)3)19-14-9-15-20(19)22(18-12-7-8-13-18)17-10-5-4-6-11-17/h7-9,12,14-17,19H,4-6,10-11,13H2,1-3H3/t16-,19?,22+/m1/s1. The van der Waals surface area contributed by atoms with Crippen LogP contribution in [-0.2, 0) is 0 Å². The van der Waals surface area contributed by atoms with Crippen LogP contribution in [0.5, 0.6) is 0 Å². The first-order valence-electron chi connectivity index (χ1n) is 8.88. The first kappa shape index (κ1) is 16.2. The fourth-order valence-corrected chi connectivity index (χ4v) is 7.54. The molecule has 0 aromatic heterocycles. The van der Waals surface area contributed by atoms with Crippen molar-refractivity contribution in [3.05, 3.63) is 47.1 Å². The van der Waals surface area contributed by atoms with Crippen LogP contribution in [-0.4, -0.2) is 30.7 Å². The molecule has 2 heteroatoms. The van der Waals surface area contributed by atoms with Gasteiger partial charge in [0.1, 0.15) is 0 Å². The highest BCUT2D eigenvalue weighted by Crippen LogP contribution is 2.65. The van der Waals surface area contributed by atoms with Gasteiger partial charge in [-0.2, -0.15) is 0 Å². The topological polar surface area (TPSA) is 3.24 Å². The van der Waals surface area contributed by atoms with Crippen LogP contribution in [0.2, 0.25) is 0 Å². The van der Waals surface area contributed by atoms with Gasteiger partial charge in [0.25, 0.3) is 0 Å². The van der Waals surface area contributed by atoms with Gasteiger partial charge in [-0.15, -0.1) is 0 Å². The van der Waals surface area contributed by atoms with Gasteiger partial charge in [-0.1, -0.05) is 55.7 Å². The molecule has 0 spiro atoms.